The van der Waals surface area contributed by atoms with Crippen LogP contribution in [0, 0.1) is 0 Å². The summed E-state index contributed by atoms with van der Waals surface area (Å²) in [4.78, 5) is 3.81. The van der Waals surface area contributed by atoms with Gasteiger partial charge in [-0.3, -0.25) is 4.90 Å². The third kappa shape index (κ3) is 2.41. The second kappa shape index (κ2) is 4.24. The number of nitrogens with zero attached hydrogens (tertiary/aromatic N) is 1. The third-order valence-electron chi connectivity index (χ3n) is 3.53. The van der Waals surface area contributed by atoms with Crippen molar-refractivity contribution >= 4 is 11.3 Å². The van der Waals surface area contributed by atoms with E-state index in [1.54, 1.807) is 0 Å². The molecule has 1 aliphatic rings. The number of nitrogens with two attached hydrogens (primary N) is 1. The van der Waals surface area contributed by atoms with Crippen molar-refractivity contribution in [3.05, 3.63) is 22.4 Å². The van der Waals surface area contributed by atoms with Crippen LogP contribution in [0.15, 0.2) is 17.5 Å². The quantitative estimate of drug-likeness (QED) is 0.852. The van der Waals surface area contributed by atoms with Crippen LogP contribution in [0.1, 0.15) is 37.1 Å². The van der Waals surface area contributed by atoms with Crippen molar-refractivity contribution in [3.63, 3.8) is 0 Å². The van der Waals surface area contributed by atoms with Crippen LogP contribution in [0.25, 0.3) is 0 Å². The molecule has 2 N–H and O–H groups in total. The number of hydrogen-bond donors (Lipinski definition) is 1. The molecule has 2 nitrogen and oxygen atoms in total. The molecule has 3 heteroatoms. The van der Waals surface area contributed by atoms with E-state index in [2.05, 4.69) is 36.4 Å². The first-order valence-electron chi connectivity index (χ1n) is 5.63. The molecule has 15 heavy (non-hydrogen) atoms. The van der Waals surface area contributed by atoms with Crippen molar-refractivity contribution in [1.82, 2.24) is 4.90 Å². The Morgan fingerprint density at radius 1 is 1.60 bits per heavy atom. The molecule has 1 atom stereocenters. The topological polar surface area (TPSA) is 29.3 Å². The van der Waals surface area contributed by atoms with Gasteiger partial charge in [0.2, 0.25) is 0 Å². The Labute approximate surface area is 96.1 Å². The third-order valence-corrected chi connectivity index (χ3v) is 4.57. The van der Waals surface area contributed by atoms with Crippen LogP contribution in [0.3, 0.4) is 0 Å². The molecule has 1 saturated carbocycles. The van der Waals surface area contributed by atoms with Crippen LogP contribution in [0.4, 0.5) is 0 Å². The van der Waals surface area contributed by atoms with Crippen LogP contribution < -0.4 is 5.73 Å². The predicted molar refractivity (Wildman–Crippen MR) is 66.1 cm³/mol. The molecule has 1 heterocycles. The average Bonchev–Trinajstić information content (AvgIpc) is 2.66. The summed E-state index contributed by atoms with van der Waals surface area (Å²) < 4.78 is 0. The summed E-state index contributed by atoms with van der Waals surface area (Å²) in [6.45, 7) is 3.28. The minimum Gasteiger partial charge on any atom is -0.324 e. The standard InChI is InChI=1S/C12H20N2S/c1-10(11-5-3-8-15-11)14(2)9-12(13)6-4-7-12/h3,5,8,10H,4,6-7,9,13H2,1-2H3. The minimum atomic E-state index is 0.0975. The van der Waals surface area contributed by atoms with E-state index in [1.165, 1.54) is 24.1 Å². The van der Waals surface area contributed by atoms with E-state index in [0.29, 0.717) is 6.04 Å². The van der Waals surface area contributed by atoms with Gasteiger partial charge in [-0.1, -0.05) is 6.07 Å². The van der Waals surface area contributed by atoms with Gasteiger partial charge in [0.1, 0.15) is 0 Å². The van der Waals surface area contributed by atoms with Gasteiger partial charge in [-0.2, -0.15) is 0 Å². The first-order chi connectivity index (χ1) is 7.11. The van der Waals surface area contributed by atoms with Gasteiger partial charge in [0.15, 0.2) is 0 Å². The lowest BCUT2D eigenvalue weighted by atomic mass is 9.77. The van der Waals surface area contributed by atoms with Crippen LogP contribution in [0.2, 0.25) is 0 Å². The zero-order valence-corrected chi connectivity index (χ0v) is 10.4. The molecule has 0 radical (unpaired) electrons. The van der Waals surface area contributed by atoms with E-state index in [1.807, 2.05) is 11.3 Å². The fourth-order valence-corrected chi connectivity index (χ4v) is 3.02. The van der Waals surface area contributed by atoms with E-state index in [9.17, 15) is 0 Å². The van der Waals surface area contributed by atoms with Crippen molar-refractivity contribution in [2.24, 2.45) is 5.73 Å². The lowest BCUT2D eigenvalue weighted by Gasteiger charge is -2.42. The van der Waals surface area contributed by atoms with E-state index in [-0.39, 0.29) is 5.54 Å². The van der Waals surface area contributed by atoms with Crippen molar-refractivity contribution in [2.45, 2.75) is 37.8 Å². The molecule has 2 rings (SSSR count). The number of hydrogen-bond acceptors (Lipinski definition) is 3. The fourth-order valence-electron chi connectivity index (χ4n) is 2.17. The fraction of sp³-hybridized carbons (Fsp3) is 0.667. The van der Waals surface area contributed by atoms with E-state index in [0.717, 1.165) is 6.54 Å². The van der Waals surface area contributed by atoms with E-state index in [4.69, 9.17) is 5.73 Å². The Hall–Kier alpha value is -0.380. The largest absolute Gasteiger partial charge is 0.324 e. The van der Waals surface area contributed by atoms with Gasteiger partial charge in [-0.25, -0.2) is 0 Å². The molecule has 0 aliphatic heterocycles. The van der Waals surface area contributed by atoms with Crippen molar-refractivity contribution in [1.29, 1.82) is 0 Å². The van der Waals surface area contributed by atoms with Gasteiger partial charge in [-0.05, 0) is 44.7 Å². The molecule has 1 aromatic rings. The van der Waals surface area contributed by atoms with Crippen LogP contribution in [-0.2, 0) is 0 Å². The monoisotopic (exact) mass is 224 g/mol. The van der Waals surface area contributed by atoms with Gasteiger partial charge >= 0.3 is 0 Å². The van der Waals surface area contributed by atoms with Crippen molar-refractivity contribution in [3.8, 4) is 0 Å². The second-order valence-corrected chi connectivity index (χ2v) is 5.80. The van der Waals surface area contributed by atoms with E-state index >= 15 is 0 Å². The normalized spacial score (nSPS) is 21.3. The van der Waals surface area contributed by atoms with Crippen LogP contribution in [-0.4, -0.2) is 24.0 Å². The maximum Gasteiger partial charge on any atom is 0.0411 e. The highest BCUT2D eigenvalue weighted by Gasteiger charge is 2.34. The molecule has 1 aliphatic carbocycles. The zero-order chi connectivity index (χ0) is 10.9. The molecule has 0 amide bonds. The smallest absolute Gasteiger partial charge is 0.0411 e. The van der Waals surface area contributed by atoms with Gasteiger partial charge in [0.05, 0.1) is 0 Å². The average molecular weight is 224 g/mol. The molecule has 84 valence electrons. The number of likely N-dealkylation sites (N-methyl/N-ethyl adjacent to an activating group) is 1. The Kier molecular flexibility index (Phi) is 3.14. The lowest BCUT2D eigenvalue weighted by Crippen LogP contribution is -2.54. The molecular weight excluding hydrogens is 204 g/mol. The van der Waals surface area contributed by atoms with Gasteiger partial charge < -0.3 is 5.73 Å². The SMILES string of the molecule is CC(c1cccs1)N(C)CC1(N)CCC1. The zero-order valence-electron chi connectivity index (χ0n) is 9.57. The van der Waals surface area contributed by atoms with Gasteiger partial charge in [0, 0.05) is 23.0 Å². The highest BCUT2D eigenvalue weighted by atomic mass is 32.1. The molecule has 1 fully saturated rings. The molecule has 1 aromatic heterocycles. The Morgan fingerprint density at radius 3 is 2.80 bits per heavy atom. The molecule has 0 spiro atoms. The maximum absolute atomic E-state index is 6.26. The molecule has 1 unspecified atom stereocenters. The lowest BCUT2D eigenvalue weighted by molar-refractivity contribution is 0.139. The Bertz CT molecular complexity index is 303. The predicted octanol–water partition coefficient (Wildman–Crippen LogP) is 2.62. The number of thiophene rings is 1. The summed E-state index contributed by atoms with van der Waals surface area (Å²) in [7, 11) is 2.18. The molecule has 0 saturated heterocycles. The Morgan fingerprint density at radius 2 is 2.33 bits per heavy atom. The Balaban J connectivity index is 1.93. The van der Waals surface area contributed by atoms with Crippen molar-refractivity contribution < 1.29 is 0 Å². The summed E-state index contributed by atoms with van der Waals surface area (Å²) in [6.07, 6.45) is 3.68. The number of rotatable bonds is 4. The highest BCUT2D eigenvalue weighted by molar-refractivity contribution is 7.10. The first-order valence-corrected chi connectivity index (χ1v) is 6.51. The van der Waals surface area contributed by atoms with Crippen LogP contribution in [0.5, 0.6) is 0 Å². The summed E-state index contributed by atoms with van der Waals surface area (Å²) in [5.41, 5.74) is 6.35. The van der Waals surface area contributed by atoms with E-state index < -0.39 is 0 Å². The highest BCUT2D eigenvalue weighted by Crippen LogP contribution is 2.32. The van der Waals surface area contributed by atoms with Gasteiger partial charge in [-0.15, -0.1) is 11.3 Å². The summed E-state index contributed by atoms with van der Waals surface area (Å²) in [6, 6.07) is 4.81. The first kappa shape index (κ1) is 11.1. The minimum absolute atomic E-state index is 0.0975. The summed E-state index contributed by atoms with van der Waals surface area (Å²) >= 11 is 1.83. The molecule has 0 aromatic carbocycles. The summed E-state index contributed by atoms with van der Waals surface area (Å²) in [5, 5.41) is 2.14. The molecular formula is C12H20N2S. The second-order valence-electron chi connectivity index (χ2n) is 4.82. The van der Waals surface area contributed by atoms with Crippen LogP contribution >= 0.6 is 11.3 Å². The maximum atomic E-state index is 6.26. The summed E-state index contributed by atoms with van der Waals surface area (Å²) in [5.74, 6) is 0. The molecule has 0 bridgehead atoms. The van der Waals surface area contributed by atoms with Gasteiger partial charge in [0.25, 0.3) is 0 Å². The van der Waals surface area contributed by atoms with Crippen molar-refractivity contribution in [2.75, 3.05) is 13.6 Å².